The zero-order valence-corrected chi connectivity index (χ0v) is 22.0. The Morgan fingerprint density at radius 1 is 0.947 bits per heavy atom. The second kappa shape index (κ2) is 9.72. The van der Waals surface area contributed by atoms with Crippen LogP contribution in [-0.2, 0) is 5.60 Å². The maximum atomic E-state index is 14.5. The lowest BCUT2D eigenvalue weighted by atomic mass is 9.77. The maximum absolute atomic E-state index is 14.5. The van der Waals surface area contributed by atoms with Crippen LogP contribution in [0.1, 0.15) is 34.3 Å². The van der Waals surface area contributed by atoms with Gasteiger partial charge in [-0.3, -0.25) is 0 Å². The number of rotatable bonds is 6. The van der Waals surface area contributed by atoms with Gasteiger partial charge in [-0.05, 0) is 47.5 Å². The quantitative estimate of drug-likeness (QED) is 0.324. The first kappa shape index (κ1) is 27.6. The minimum absolute atomic E-state index is 0.0451. The minimum atomic E-state index is -5.04. The zero-order chi connectivity index (χ0) is 28.2. The molecule has 2 unspecified atom stereocenters. The van der Waals surface area contributed by atoms with Crippen molar-refractivity contribution in [3.63, 3.8) is 0 Å². The van der Waals surface area contributed by atoms with Gasteiger partial charge in [-0.2, -0.15) is 13.2 Å². The van der Waals surface area contributed by atoms with Gasteiger partial charge in [0.2, 0.25) is 0 Å². The average molecular weight is 567 g/mol. The van der Waals surface area contributed by atoms with Gasteiger partial charge in [0.1, 0.15) is 17.3 Å². The summed E-state index contributed by atoms with van der Waals surface area (Å²) in [4.78, 5) is 14.5. The van der Waals surface area contributed by atoms with E-state index < -0.39 is 23.7 Å². The molecule has 11 heteroatoms. The van der Waals surface area contributed by atoms with E-state index in [-0.39, 0.29) is 38.2 Å². The standard InChI is InChI=1S/C27H23Cl2F3N2O4/c1-14(19-8-6-17(12-21(19)28)38-18-7-9-20(25(35)36)22(29)13-18)26(37,27(30,31)32)16-5-10-23-24(11-16)34(4)15(2)33(23)3/h5-14,37H,2H2,1,3-4H3,(H,35,36). The lowest BCUT2D eigenvalue weighted by molar-refractivity contribution is -0.274. The number of aromatic carboxylic acids is 1. The molecule has 0 bridgehead atoms. The van der Waals surface area contributed by atoms with E-state index in [4.69, 9.17) is 33.0 Å². The van der Waals surface area contributed by atoms with Crippen molar-refractivity contribution in [3.05, 3.63) is 93.7 Å². The molecule has 2 atom stereocenters. The van der Waals surface area contributed by atoms with E-state index >= 15 is 0 Å². The Kier molecular flexibility index (Phi) is 7.07. The number of halogens is 5. The smallest absolute Gasteiger partial charge is 0.422 e. The SMILES string of the molecule is C=C1N(C)c2ccc(C(O)(C(C)c3ccc(Oc4ccc(C(=O)O)c(Cl)c4)cc3Cl)C(F)(F)F)cc2N1C. The van der Waals surface area contributed by atoms with Gasteiger partial charge < -0.3 is 24.7 Å². The Balaban J connectivity index is 1.69. The Bertz CT molecular complexity index is 1450. The van der Waals surface area contributed by atoms with E-state index in [0.29, 0.717) is 17.2 Å². The van der Waals surface area contributed by atoms with Crippen LogP contribution in [0.4, 0.5) is 24.5 Å². The van der Waals surface area contributed by atoms with Gasteiger partial charge in [0.15, 0.2) is 5.60 Å². The summed E-state index contributed by atoms with van der Waals surface area (Å²) in [7, 11) is 3.43. The number of nitrogens with zero attached hydrogens (tertiary/aromatic N) is 2. The van der Waals surface area contributed by atoms with Gasteiger partial charge in [0.25, 0.3) is 0 Å². The van der Waals surface area contributed by atoms with Crippen LogP contribution in [0.15, 0.2) is 67.0 Å². The van der Waals surface area contributed by atoms with Crippen molar-refractivity contribution in [2.45, 2.75) is 24.6 Å². The van der Waals surface area contributed by atoms with E-state index in [2.05, 4.69) is 6.58 Å². The van der Waals surface area contributed by atoms with Crippen molar-refractivity contribution in [1.82, 2.24) is 0 Å². The van der Waals surface area contributed by atoms with E-state index in [1.54, 1.807) is 23.9 Å². The van der Waals surface area contributed by atoms with Crippen molar-refractivity contribution in [3.8, 4) is 11.5 Å². The molecule has 200 valence electrons. The lowest BCUT2D eigenvalue weighted by Crippen LogP contribution is -2.46. The van der Waals surface area contributed by atoms with Crippen LogP contribution in [-0.4, -0.2) is 36.5 Å². The van der Waals surface area contributed by atoms with Crippen LogP contribution in [0.25, 0.3) is 0 Å². The second-order valence-corrected chi connectivity index (χ2v) is 9.77. The molecule has 3 aromatic carbocycles. The molecule has 0 amide bonds. The number of anilines is 2. The summed E-state index contributed by atoms with van der Waals surface area (Å²) in [5, 5.41) is 20.3. The predicted octanol–water partition coefficient (Wildman–Crippen LogP) is 7.39. The molecule has 1 aliphatic heterocycles. The Morgan fingerprint density at radius 2 is 1.53 bits per heavy atom. The first-order valence-electron chi connectivity index (χ1n) is 11.3. The summed E-state index contributed by atoms with van der Waals surface area (Å²) >= 11 is 12.4. The number of carboxylic acids is 1. The predicted molar refractivity (Wildman–Crippen MR) is 141 cm³/mol. The molecule has 0 fully saturated rings. The summed E-state index contributed by atoms with van der Waals surface area (Å²) in [5.41, 5.74) is -2.52. The summed E-state index contributed by atoms with van der Waals surface area (Å²) < 4.78 is 49.3. The number of fused-ring (bicyclic) bond motifs is 1. The van der Waals surface area contributed by atoms with Gasteiger partial charge in [-0.15, -0.1) is 0 Å². The molecule has 0 saturated heterocycles. The molecule has 0 radical (unpaired) electrons. The number of hydrogen-bond donors (Lipinski definition) is 2. The Morgan fingerprint density at radius 3 is 2.08 bits per heavy atom. The molecule has 1 aliphatic rings. The normalized spacial score (nSPS) is 15.8. The van der Waals surface area contributed by atoms with Crippen molar-refractivity contribution < 1.29 is 32.9 Å². The third-order valence-electron chi connectivity index (χ3n) is 6.82. The van der Waals surface area contributed by atoms with E-state index in [1.165, 1.54) is 61.5 Å². The van der Waals surface area contributed by atoms with Crippen molar-refractivity contribution in [1.29, 1.82) is 0 Å². The van der Waals surface area contributed by atoms with Gasteiger partial charge >= 0.3 is 12.1 Å². The molecule has 0 aromatic heterocycles. The number of alkyl halides is 3. The first-order valence-corrected chi connectivity index (χ1v) is 12.0. The number of ether oxygens (including phenoxy) is 1. The van der Waals surface area contributed by atoms with Gasteiger partial charge in [-0.1, -0.05) is 48.8 Å². The third kappa shape index (κ3) is 4.55. The number of benzene rings is 3. The van der Waals surface area contributed by atoms with Crippen molar-refractivity contribution in [2.24, 2.45) is 0 Å². The topological polar surface area (TPSA) is 73.2 Å². The van der Waals surface area contributed by atoms with Gasteiger partial charge in [0, 0.05) is 31.1 Å². The highest BCUT2D eigenvalue weighted by Crippen LogP contribution is 2.52. The summed E-state index contributed by atoms with van der Waals surface area (Å²) in [6, 6.07) is 12.1. The van der Waals surface area contributed by atoms with Crippen LogP contribution < -0.4 is 14.5 Å². The highest BCUT2D eigenvalue weighted by atomic mass is 35.5. The number of carboxylic acid groups (broad SMARTS) is 1. The van der Waals surface area contributed by atoms with Crippen LogP contribution in [0, 0.1) is 0 Å². The third-order valence-corrected chi connectivity index (χ3v) is 7.46. The summed E-state index contributed by atoms with van der Waals surface area (Å²) in [6.07, 6.45) is -5.04. The molecular weight excluding hydrogens is 544 g/mol. The molecule has 1 heterocycles. The fourth-order valence-electron chi connectivity index (χ4n) is 4.49. The van der Waals surface area contributed by atoms with Crippen LogP contribution in [0.3, 0.4) is 0 Å². The molecule has 2 N–H and O–H groups in total. The van der Waals surface area contributed by atoms with Crippen molar-refractivity contribution in [2.75, 3.05) is 23.9 Å². The van der Waals surface area contributed by atoms with Crippen LogP contribution in [0.5, 0.6) is 11.5 Å². The van der Waals surface area contributed by atoms with Crippen LogP contribution in [0.2, 0.25) is 10.0 Å². The molecule has 0 aliphatic carbocycles. The van der Waals surface area contributed by atoms with Crippen LogP contribution >= 0.6 is 23.2 Å². The highest BCUT2D eigenvalue weighted by Gasteiger charge is 2.59. The van der Waals surface area contributed by atoms with Gasteiger partial charge in [-0.25, -0.2) is 4.79 Å². The monoisotopic (exact) mass is 566 g/mol. The number of hydrogen-bond acceptors (Lipinski definition) is 5. The summed E-state index contributed by atoms with van der Waals surface area (Å²) in [5.74, 6) is -1.73. The Labute approximate surface area is 227 Å². The largest absolute Gasteiger partial charge is 0.478 e. The molecule has 0 spiro atoms. The molecule has 0 saturated carbocycles. The summed E-state index contributed by atoms with van der Waals surface area (Å²) in [6.45, 7) is 5.18. The molecule has 6 nitrogen and oxygen atoms in total. The zero-order valence-electron chi connectivity index (χ0n) is 20.5. The Hall–Kier alpha value is -3.40. The fourth-order valence-corrected chi connectivity index (χ4v) is 5.08. The molecule has 38 heavy (non-hydrogen) atoms. The van der Waals surface area contributed by atoms with E-state index in [0.717, 1.165) is 0 Å². The number of aliphatic hydroxyl groups is 1. The maximum Gasteiger partial charge on any atom is 0.422 e. The molecule has 4 rings (SSSR count). The number of carbonyl (C=O) groups is 1. The lowest BCUT2D eigenvalue weighted by Gasteiger charge is -2.37. The molecule has 3 aromatic rings. The van der Waals surface area contributed by atoms with E-state index in [9.17, 15) is 23.1 Å². The fraction of sp³-hybridized carbons (Fsp3) is 0.222. The average Bonchev–Trinajstić information content (AvgIpc) is 3.05. The minimum Gasteiger partial charge on any atom is -0.478 e. The van der Waals surface area contributed by atoms with Crippen molar-refractivity contribution >= 4 is 40.5 Å². The first-order chi connectivity index (χ1) is 17.7. The second-order valence-electron chi connectivity index (χ2n) is 8.96. The molecular formula is C27H23Cl2F3N2O4. The van der Waals surface area contributed by atoms with E-state index in [1.807, 2.05) is 0 Å². The highest BCUT2D eigenvalue weighted by molar-refractivity contribution is 6.33. The van der Waals surface area contributed by atoms with Gasteiger partial charge in [0.05, 0.1) is 22.0 Å².